The van der Waals surface area contributed by atoms with Gasteiger partial charge in [-0.15, -0.1) is 0 Å². The lowest BCUT2D eigenvalue weighted by atomic mass is 10.2. The number of carbonyl (C=O) groups excluding carboxylic acids is 1. The van der Waals surface area contributed by atoms with E-state index in [4.69, 9.17) is 20.8 Å². The highest BCUT2D eigenvalue weighted by Crippen LogP contribution is 2.27. The van der Waals surface area contributed by atoms with Gasteiger partial charge in [0.15, 0.2) is 9.84 Å². The molecular formula is C18H21ClN2O5S. The van der Waals surface area contributed by atoms with Crippen LogP contribution < -0.4 is 10.1 Å². The van der Waals surface area contributed by atoms with E-state index in [0.717, 1.165) is 0 Å². The molecule has 0 spiro atoms. The highest BCUT2D eigenvalue weighted by Gasteiger charge is 2.33. The molecular weight excluding hydrogens is 392 g/mol. The SMILES string of the molecule is COc1ccc(NC(=O)CN(Cc2ccco2)C2CCS(=O)(=O)C2)cc1Cl. The first-order valence-electron chi connectivity index (χ1n) is 8.46. The lowest BCUT2D eigenvalue weighted by Gasteiger charge is -2.26. The van der Waals surface area contributed by atoms with Gasteiger partial charge in [-0.2, -0.15) is 0 Å². The molecule has 1 saturated heterocycles. The van der Waals surface area contributed by atoms with Crippen LogP contribution in [0, 0.1) is 0 Å². The predicted octanol–water partition coefficient (Wildman–Crippen LogP) is 2.57. The van der Waals surface area contributed by atoms with E-state index in [2.05, 4.69) is 5.32 Å². The first kappa shape index (κ1) is 19.7. The highest BCUT2D eigenvalue weighted by molar-refractivity contribution is 7.91. The van der Waals surface area contributed by atoms with Crippen molar-refractivity contribution in [2.45, 2.75) is 19.0 Å². The van der Waals surface area contributed by atoms with Crippen LogP contribution in [0.5, 0.6) is 5.75 Å². The molecule has 7 nitrogen and oxygen atoms in total. The van der Waals surface area contributed by atoms with Crippen molar-refractivity contribution in [1.82, 2.24) is 4.90 Å². The number of methoxy groups -OCH3 is 1. The minimum atomic E-state index is -3.06. The van der Waals surface area contributed by atoms with Gasteiger partial charge in [0.05, 0.1) is 43.0 Å². The quantitative estimate of drug-likeness (QED) is 0.751. The fraction of sp³-hybridized carbons (Fsp3) is 0.389. The first-order valence-corrected chi connectivity index (χ1v) is 10.7. The number of rotatable bonds is 7. The minimum Gasteiger partial charge on any atom is -0.495 e. The van der Waals surface area contributed by atoms with Crippen molar-refractivity contribution in [3.05, 3.63) is 47.4 Å². The zero-order chi connectivity index (χ0) is 19.4. The van der Waals surface area contributed by atoms with Crippen LogP contribution in [0.3, 0.4) is 0 Å². The molecule has 0 aliphatic carbocycles. The van der Waals surface area contributed by atoms with Gasteiger partial charge in [-0.05, 0) is 36.8 Å². The molecule has 146 valence electrons. The third-order valence-corrected chi connectivity index (χ3v) is 6.49. The van der Waals surface area contributed by atoms with Crippen molar-refractivity contribution in [2.24, 2.45) is 0 Å². The van der Waals surface area contributed by atoms with E-state index in [0.29, 0.717) is 35.2 Å². The number of ether oxygens (including phenoxy) is 1. The van der Waals surface area contributed by atoms with E-state index >= 15 is 0 Å². The van der Waals surface area contributed by atoms with Crippen LogP contribution in [0.2, 0.25) is 5.02 Å². The van der Waals surface area contributed by atoms with Gasteiger partial charge in [-0.25, -0.2) is 8.42 Å². The van der Waals surface area contributed by atoms with Gasteiger partial charge >= 0.3 is 0 Å². The number of hydrogen-bond donors (Lipinski definition) is 1. The predicted molar refractivity (Wildman–Crippen MR) is 103 cm³/mol. The molecule has 1 aliphatic heterocycles. The van der Waals surface area contributed by atoms with Crippen LogP contribution in [-0.2, 0) is 21.2 Å². The van der Waals surface area contributed by atoms with Crippen molar-refractivity contribution in [3.8, 4) is 5.75 Å². The third-order valence-electron chi connectivity index (χ3n) is 4.45. The molecule has 0 radical (unpaired) electrons. The zero-order valence-corrected chi connectivity index (χ0v) is 16.4. The number of carbonyl (C=O) groups is 1. The zero-order valence-electron chi connectivity index (χ0n) is 14.9. The Kier molecular flexibility index (Phi) is 6.08. The number of sulfone groups is 1. The second-order valence-corrected chi connectivity index (χ2v) is 9.07. The summed E-state index contributed by atoms with van der Waals surface area (Å²) in [6, 6.07) is 8.32. The number of hydrogen-bond acceptors (Lipinski definition) is 6. The summed E-state index contributed by atoms with van der Waals surface area (Å²) in [7, 11) is -1.55. The van der Waals surface area contributed by atoms with Crippen LogP contribution in [0.25, 0.3) is 0 Å². The molecule has 9 heteroatoms. The molecule has 1 amide bonds. The molecule has 1 fully saturated rings. The Bertz CT molecular complexity index is 898. The number of furan rings is 1. The second-order valence-electron chi connectivity index (χ2n) is 6.44. The number of anilines is 1. The Morgan fingerprint density at radius 3 is 2.81 bits per heavy atom. The van der Waals surface area contributed by atoms with Crippen LogP contribution in [-0.4, -0.2) is 50.4 Å². The summed E-state index contributed by atoms with van der Waals surface area (Å²) in [5, 5.41) is 3.18. The first-order chi connectivity index (χ1) is 12.9. The number of nitrogens with one attached hydrogen (secondary N) is 1. The fourth-order valence-corrected chi connectivity index (χ4v) is 5.13. The van der Waals surface area contributed by atoms with E-state index in [1.165, 1.54) is 7.11 Å². The van der Waals surface area contributed by atoms with E-state index in [1.807, 2.05) is 4.90 Å². The Morgan fingerprint density at radius 2 is 2.22 bits per heavy atom. The van der Waals surface area contributed by atoms with E-state index < -0.39 is 9.84 Å². The summed E-state index contributed by atoms with van der Waals surface area (Å²) in [4.78, 5) is 14.4. The third kappa shape index (κ3) is 5.24. The molecule has 27 heavy (non-hydrogen) atoms. The van der Waals surface area contributed by atoms with Gasteiger partial charge < -0.3 is 14.5 Å². The second kappa shape index (κ2) is 8.33. The summed E-state index contributed by atoms with van der Waals surface area (Å²) in [5.74, 6) is 1.13. The van der Waals surface area contributed by atoms with Crippen molar-refractivity contribution in [1.29, 1.82) is 0 Å². The van der Waals surface area contributed by atoms with E-state index in [-0.39, 0.29) is 30.0 Å². The van der Waals surface area contributed by atoms with Crippen LogP contribution in [0.4, 0.5) is 5.69 Å². The van der Waals surface area contributed by atoms with Gasteiger partial charge in [0.1, 0.15) is 11.5 Å². The van der Waals surface area contributed by atoms with Crippen LogP contribution in [0.1, 0.15) is 12.2 Å². The summed E-state index contributed by atoms with van der Waals surface area (Å²) < 4.78 is 34.1. The monoisotopic (exact) mass is 412 g/mol. The summed E-state index contributed by atoms with van der Waals surface area (Å²) >= 11 is 6.08. The molecule has 1 N–H and O–H groups in total. The molecule has 2 heterocycles. The van der Waals surface area contributed by atoms with Gasteiger partial charge in [0.2, 0.25) is 5.91 Å². The maximum atomic E-state index is 12.5. The molecule has 0 saturated carbocycles. The summed E-state index contributed by atoms with van der Waals surface area (Å²) in [6.45, 7) is 0.411. The molecule has 1 aliphatic rings. The van der Waals surface area contributed by atoms with Crippen molar-refractivity contribution in [2.75, 3.05) is 30.5 Å². The molecule has 1 unspecified atom stereocenters. The number of halogens is 1. The average Bonchev–Trinajstić information content (AvgIpc) is 3.23. The minimum absolute atomic E-state index is 0.0462. The Hall–Kier alpha value is -2.03. The number of amides is 1. The average molecular weight is 413 g/mol. The van der Waals surface area contributed by atoms with Crippen molar-refractivity contribution < 1.29 is 22.4 Å². The van der Waals surface area contributed by atoms with Gasteiger partial charge in [0.25, 0.3) is 0 Å². The molecule has 0 bridgehead atoms. The lowest BCUT2D eigenvalue weighted by Crippen LogP contribution is -2.41. The van der Waals surface area contributed by atoms with Crippen LogP contribution in [0.15, 0.2) is 41.0 Å². The topological polar surface area (TPSA) is 88.8 Å². The Labute approximate surface area is 163 Å². The van der Waals surface area contributed by atoms with Crippen molar-refractivity contribution in [3.63, 3.8) is 0 Å². The molecule has 1 aromatic heterocycles. The van der Waals surface area contributed by atoms with Gasteiger partial charge in [0, 0.05) is 11.7 Å². The summed E-state index contributed by atoms with van der Waals surface area (Å²) in [6.07, 6.45) is 2.06. The fourth-order valence-electron chi connectivity index (χ4n) is 3.11. The van der Waals surface area contributed by atoms with Gasteiger partial charge in [-0.1, -0.05) is 11.6 Å². The molecule has 1 atom stereocenters. The van der Waals surface area contributed by atoms with Crippen LogP contribution >= 0.6 is 11.6 Å². The normalized spacial score (nSPS) is 18.6. The van der Waals surface area contributed by atoms with E-state index in [1.54, 1.807) is 36.6 Å². The van der Waals surface area contributed by atoms with E-state index in [9.17, 15) is 13.2 Å². The van der Waals surface area contributed by atoms with Crippen molar-refractivity contribution >= 4 is 33.0 Å². The maximum absolute atomic E-state index is 12.5. The molecule has 3 rings (SSSR count). The summed E-state index contributed by atoms with van der Waals surface area (Å²) in [5.41, 5.74) is 0.544. The number of benzene rings is 1. The Morgan fingerprint density at radius 1 is 1.41 bits per heavy atom. The highest BCUT2D eigenvalue weighted by atomic mass is 35.5. The standard InChI is InChI=1S/C18H21ClN2O5S/c1-25-17-5-4-13(9-16(17)19)20-18(22)11-21(10-15-3-2-7-26-15)14-6-8-27(23,24)12-14/h2-5,7,9,14H,6,8,10-12H2,1H3,(H,20,22). The Balaban J connectivity index is 1.69. The largest absolute Gasteiger partial charge is 0.495 e. The van der Waals surface area contributed by atoms with Gasteiger partial charge in [-0.3, -0.25) is 9.69 Å². The maximum Gasteiger partial charge on any atom is 0.238 e. The lowest BCUT2D eigenvalue weighted by molar-refractivity contribution is -0.118. The smallest absolute Gasteiger partial charge is 0.238 e. The number of nitrogens with zero attached hydrogens (tertiary/aromatic N) is 1. The molecule has 2 aromatic rings. The molecule has 1 aromatic carbocycles.